The van der Waals surface area contributed by atoms with Crippen LogP contribution < -0.4 is 4.90 Å². The van der Waals surface area contributed by atoms with E-state index in [2.05, 4.69) is 41.3 Å². The molecule has 2 aromatic rings. The van der Waals surface area contributed by atoms with Crippen molar-refractivity contribution in [3.05, 3.63) is 23.2 Å². The standard InChI is InChI=1S/C14H19N3S.C2H6/c1-3-12-10-11-4-9-18-13(11)14(15-12)17-7-5-16(2)6-8-17;1-2/h4,9-10H,3,5-8H2,1-2H3;1-2H3. The summed E-state index contributed by atoms with van der Waals surface area (Å²) in [6.07, 6.45) is 1.01. The van der Waals surface area contributed by atoms with E-state index >= 15 is 0 Å². The van der Waals surface area contributed by atoms with E-state index in [4.69, 9.17) is 4.98 Å². The number of pyridine rings is 1. The van der Waals surface area contributed by atoms with Gasteiger partial charge in [-0.1, -0.05) is 20.8 Å². The Hall–Kier alpha value is -1.13. The van der Waals surface area contributed by atoms with Gasteiger partial charge in [-0.2, -0.15) is 0 Å². The Morgan fingerprint density at radius 3 is 2.55 bits per heavy atom. The Kier molecular flexibility index (Phi) is 5.38. The molecule has 0 spiro atoms. The Bertz CT molecular complexity index is 542. The number of fused-ring (bicyclic) bond motifs is 1. The van der Waals surface area contributed by atoms with Gasteiger partial charge in [0.25, 0.3) is 0 Å². The molecule has 3 heterocycles. The van der Waals surface area contributed by atoms with Crippen LogP contribution in [0.3, 0.4) is 0 Å². The van der Waals surface area contributed by atoms with Crippen LogP contribution in [0, 0.1) is 0 Å². The average molecular weight is 291 g/mol. The van der Waals surface area contributed by atoms with Crippen LogP contribution in [-0.4, -0.2) is 43.1 Å². The largest absolute Gasteiger partial charge is 0.353 e. The number of thiophene rings is 1. The number of aryl methyl sites for hydroxylation is 1. The number of anilines is 1. The van der Waals surface area contributed by atoms with E-state index in [0.717, 1.165) is 32.6 Å². The SMILES string of the molecule is CC.CCc1cc2ccsc2c(N2CCN(C)CC2)n1. The normalized spacial score (nSPS) is 16.1. The third kappa shape index (κ3) is 3.13. The average Bonchev–Trinajstić information content (AvgIpc) is 2.97. The molecular weight excluding hydrogens is 266 g/mol. The molecule has 0 amide bonds. The fourth-order valence-electron chi connectivity index (χ4n) is 2.43. The Balaban J connectivity index is 0.000000704. The first kappa shape index (κ1) is 15.3. The van der Waals surface area contributed by atoms with Crippen LogP contribution in [0.2, 0.25) is 0 Å². The zero-order valence-corrected chi connectivity index (χ0v) is 13.8. The molecular formula is C16H25N3S. The lowest BCUT2D eigenvalue weighted by atomic mass is 10.2. The molecule has 0 bridgehead atoms. The molecule has 0 N–H and O–H groups in total. The molecule has 1 saturated heterocycles. The Morgan fingerprint density at radius 1 is 1.20 bits per heavy atom. The topological polar surface area (TPSA) is 19.4 Å². The molecule has 3 nitrogen and oxygen atoms in total. The van der Waals surface area contributed by atoms with E-state index in [1.54, 1.807) is 0 Å². The molecule has 110 valence electrons. The van der Waals surface area contributed by atoms with Gasteiger partial charge < -0.3 is 9.80 Å². The minimum Gasteiger partial charge on any atom is -0.353 e. The van der Waals surface area contributed by atoms with Gasteiger partial charge in [-0.05, 0) is 36.4 Å². The molecule has 0 unspecified atom stereocenters. The van der Waals surface area contributed by atoms with Crippen LogP contribution in [0.25, 0.3) is 10.1 Å². The maximum atomic E-state index is 4.86. The van der Waals surface area contributed by atoms with Gasteiger partial charge in [-0.15, -0.1) is 11.3 Å². The summed E-state index contributed by atoms with van der Waals surface area (Å²) >= 11 is 1.81. The lowest BCUT2D eigenvalue weighted by molar-refractivity contribution is 0.312. The first-order chi connectivity index (χ1) is 9.78. The highest BCUT2D eigenvalue weighted by atomic mass is 32.1. The van der Waals surface area contributed by atoms with Gasteiger partial charge in [-0.25, -0.2) is 4.98 Å². The van der Waals surface area contributed by atoms with Gasteiger partial charge in [0.2, 0.25) is 0 Å². The van der Waals surface area contributed by atoms with Crippen molar-refractivity contribution in [1.82, 2.24) is 9.88 Å². The third-order valence-corrected chi connectivity index (χ3v) is 4.56. The van der Waals surface area contributed by atoms with Gasteiger partial charge in [-0.3, -0.25) is 0 Å². The van der Waals surface area contributed by atoms with Gasteiger partial charge >= 0.3 is 0 Å². The molecule has 0 saturated carbocycles. The first-order valence-electron chi connectivity index (χ1n) is 7.58. The lowest BCUT2D eigenvalue weighted by Crippen LogP contribution is -2.44. The van der Waals surface area contributed by atoms with Crippen molar-refractivity contribution in [2.45, 2.75) is 27.2 Å². The van der Waals surface area contributed by atoms with Gasteiger partial charge in [0.1, 0.15) is 5.82 Å². The zero-order valence-electron chi connectivity index (χ0n) is 13.0. The number of piperazine rings is 1. The van der Waals surface area contributed by atoms with Gasteiger partial charge in [0.15, 0.2) is 0 Å². The van der Waals surface area contributed by atoms with Crippen LogP contribution in [0.5, 0.6) is 0 Å². The van der Waals surface area contributed by atoms with Gasteiger partial charge in [0.05, 0.1) is 4.70 Å². The van der Waals surface area contributed by atoms with E-state index in [0.29, 0.717) is 0 Å². The van der Waals surface area contributed by atoms with Crippen LogP contribution in [0.1, 0.15) is 26.5 Å². The first-order valence-corrected chi connectivity index (χ1v) is 8.46. The number of hydrogen-bond donors (Lipinski definition) is 0. The molecule has 20 heavy (non-hydrogen) atoms. The van der Waals surface area contributed by atoms with Crippen molar-refractivity contribution in [2.75, 3.05) is 38.1 Å². The highest BCUT2D eigenvalue weighted by Crippen LogP contribution is 2.31. The number of aromatic nitrogens is 1. The van der Waals surface area contributed by atoms with Crippen LogP contribution >= 0.6 is 11.3 Å². The Morgan fingerprint density at radius 2 is 1.90 bits per heavy atom. The fourth-order valence-corrected chi connectivity index (χ4v) is 3.32. The maximum absolute atomic E-state index is 4.86. The Labute approximate surface area is 126 Å². The summed E-state index contributed by atoms with van der Waals surface area (Å²) in [5.41, 5.74) is 1.20. The highest BCUT2D eigenvalue weighted by Gasteiger charge is 2.18. The zero-order chi connectivity index (χ0) is 14.5. The number of rotatable bonds is 2. The lowest BCUT2D eigenvalue weighted by Gasteiger charge is -2.33. The minimum absolute atomic E-state index is 1.01. The molecule has 2 aromatic heterocycles. The van der Waals surface area contributed by atoms with E-state index in [1.165, 1.54) is 21.6 Å². The number of hydrogen-bond acceptors (Lipinski definition) is 4. The van der Waals surface area contributed by atoms with Crippen molar-refractivity contribution in [3.63, 3.8) is 0 Å². The molecule has 0 atom stereocenters. The summed E-state index contributed by atoms with van der Waals surface area (Å²) in [6.45, 7) is 10.6. The molecule has 4 heteroatoms. The summed E-state index contributed by atoms with van der Waals surface area (Å²) in [5, 5.41) is 3.52. The molecule has 0 radical (unpaired) electrons. The van der Waals surface area contributed by atoms with Crippen LogP contribution in [-0.2, 0) is 6.42 Å². The number of likely N-dealkylation sites (N-methyl/N-ethyl adjacent to an activating group) is 1. The molecule has 1 aliphatic rings. The van der Waals surface area contributed by atoms with Crippen LogP contribution in [0.15, 0.2) is 17.5 Å². The summed E-state index contributed by atoms with van der Waals surface area (Å²) in [5.74, 6) is 1.20. The third-order valence-electron chi connectivity index (χ3n) is 3.64. The second-order valence-corrected chi connectivity index (χ2v) is 5.84. The minimum atomic E-state index is 1.01. The maximum Gasteiger partial charge on any atom is 0.146 e. The monoisotopic (exact) mass is 291 g/mol. The smallest absolute Gasteiger partial charge is 0.146 e. The van der Waals surface area contributed by atoms with Crippen LogP contribution in [0.4, 0.5) is 5.82 Å². The second kappa shape index (κ2) is 7.04. The van der Waals surface area contributed by atoms with Gasteiger partial charge in [0, 0.05) is 31.9 Å². The van der Waals surface area contributed by atoms with Crippen molar-refractivity contribution >= 4 is 27.2 Å². The quantitative estimate of drug-likeness (QED) is 0.842. The van der Waals surface area contributed by atoms with Crippen molar-refractivity contribution in [2.24, 2.45) is 0 Å². The van der Waals surface area contributed by atoms with E-state index in [1.807, 2.05) is 25.2 Å². The summed E-state index contributed by atoms with van der Waals surface area (Å²) in [6, 6.07) is 4.44. The molecule has 1 aliphatic heterocycles. The summed E-state index contributed by atoms with van der Waals surface area (Å²) in [4.78, 5) is 9.68. The van der Waals surface area contributed by atoms with E-state index in [-0.39, 0.29) is 0 Å². The fraction of sp³-hybridized carbons (Fsp3) is 0.562. The second-order valence-electron chi connectivity index (χ2n) is 4.92. The van der Waals surface area contributed by atoms with Crippen molar-refractivity contribution < 1.29 is 0 Å². The molecule has 0 aromatic carbocycles. The van der Waals surface area contributed by atoms with E-state index < -0.39 is 0 Å². The molecule has 0 aliphatic carbocycles. The van der Waals surface area contributed by atoms with E-state index in [9.17, 15) is 0 Å². The highest BCUT2D eigenvalue weighted by molar-refractivity contribution is 7.17. The predicted octanol–water partition coefficient (Wildman–Crippen LogP) is 3.64. The van der Waals surface area contributed by atoms with Crippen molar-refractivity contribution in [3.8, 4) is 0 Å². The number of nitrogens with zero attached hydrogens (tertiary/aromatic N) is 3. The predicted molar refractivity (Wildman–Crippen MR) is 90.1 cm³/mol. The summed E-state index contributed by atoms with van der Waals surface area (Å²) < 4.78 is 1.34. The molecule has 3 rings (SSSR count). The molecule has 1 fully saturated rings. The van der Waals surface area contributed by atoms with Crippen molar-refractivity contribution in [1.29, 1.82) is 0 Å². The summed E-state index contributed by atoms with van der Waals surface area (Å²) in [7, 11) is 2.19.